The number of aromatic nitrogens is 3. The number of carbonyl (C=O) groups is 1. The summed E-state index contributed by atoms with van der Waals surface area (Å²) in [5.74, 6) is -0.401. The Kier molecular flexibility index (Phi) is 5.67. The summed E-state index contributed by atoms with van der Waals surface area (Å²) in [4.78, 5) is 35.4. The van der Waals surface area contributed by atoms with E-state index in [1.54, 1.807) is 20.2 Å². The van der Waals surface area contributed by atoms with Gasteiger partial charge in [0.05, 0.1) is 22.5 Å². The normalized spacial score (nSPS) is 16.4. The van der Waals surface area contributed by atoms with Crippen LogP contribution in [0.4, 0.5) is 0 Å². The van der Waals surface area contributed by atoms with Crippen LogP contribution in [-0.4, -0.2) is 52.7 Å². The Hall–Kier alpha value is -2.98. The maximum atomic E-state index is 13.1. The third-order valence-electron chi connectivity index (χ3n) is 5.73. The highest BCUT2D eigenvalue weighted by Gasteiger charge is 2.25. The standard InChI is InChI=1S/C21H25N5O4S/c1-3-26(4-2)31(29,30)14-6-8-17-15(10-14)16(11-20(27)25-17)21(28)24-13-5-7-18-19(9-13)23-12-22-18/h6,8,10-13H,3-5,7,9H2,1-2H3,(H,22,23)(H,24,28)(H,25,27). The van der Waals surface area contributed by atoms with Crippen molar-refractivity contribution in [3.05, 3.63) is 57.9 Å². The Balaban J connectivity index is 1.70. The first-order valence-corrected chi connectivity index (χ1v) is 11.8. The number of hydrogen-bond donors (Lipinski definition) is 3. The molecule has 2 aromatic heterocycles. The summed E-state index contributed by atoms with van der Waals surface area (Å²) in [5.41, 5.74) is 2.16. The van der Waals surface area contributed by atoms with Crippen molar-refractivity contribution < 1.29 is 13.2 Å². The van der Waals surface area contributed by atoms with Crippen LogP contribution in [0, 0.1) is 0 Å². The average molecular weight is 444 g/mol. The lowest BCUT2D eigenvalue weighted by molar-refractivity contribution is 0.0935. The van der Waals surface area contributed by atoms with Crippen LogP contribution in [0.25, 0.3) is 10.9 Å². The molecule has 9 nitrogen and oxygen atoms in total. The van der Waals surface area contributed by atoms with E-state index in [0.29, 0.717) is 30.4 Å². The number of sulfonamides is 1. The number of pyridine rings is 1. The molecule has 3 N–H and O–H groups in total. The quantitative estimate of drug-likeness (QED) is 0.533. The van der Waals surface area contributed by atoms with Gasteiger partial charge in [0.15, 0.2) is 0 Å². The Labute approximate surface area is 179 Å². The molecule has 1 aliphatic rings. The molecule has 164 valence electrons. The molecule has 3 aromatic rings. The highest BCUT2D eigenvalue weighted by Crippen LogP contribution is 2.24. The fourth-order valence-electron chi connectivity index (χ4n) is 4.08. The molecule has 10 heteroatoms. The van der Waals surface area contributed by atoms with Crippen LogP contribution in [0.1, 0.15) is 42.0 Å². The predicted octanol–water partition coefficient (Wildman–Crippen LogP) is 1.57. The minimum atomic E-state index is -3.70. The SMILES string of the molecule is CCN(CC)S(=O)(=O)c1ccc2[nH]c(=O)cc(C(=O)NC3CCc4nc[nH]c4C3)c2c1. The topological polar surface area (TPSA) is 128 Å². The van der Waals surface area contributed by atoms with Crippen LogP contribution < -0.4 is 10.9 Å². The molecule has 0 radical (unpaired) electrons. The van der Waals surface area contributed by atoms with Gasteiger partial charge in [-0.25, -0.2) is 13.4 Å². The van der Waals surface area contributed by atoms with Crippen LogP contribution in [0.5, 0.6) is 0 Å². The predicted molar refractivity (Wildman–Crippen MR) is 117 cm³/mol. The molecule has 2 heterocycles. The number of carbonyl (C=O) groups excluding carboxylic acids is 1. The number of rotatable bonds is 6. The maximum Gasteiger partial charge on any atom is 0.252 e. The molecule has 1 aromatic carbocycles. The number of imidazole rings is 1. The van der Waals surface area contributed by atoms with Crippen LogP contribution in [0.15, 0.2) is 40.3 Å². The molecular formula is C21H25N5O4S. The van der Waals surface area contributed by atoms with Gasteiger partial charge in [-0.1, -0.05) is 13.8 Å². The summed E-state index contributed by atoms with van der Waals surface area (Å²) in [6, 6.07) is 5.56. The van der Waals surface area contributed by atoms with Crippen molar-refractivity contribution in [3.63, 3.8) is 0 Å². The lowest BCUT2D eigenvalue weighted by atomic mass is 9.95. The summed E-state index contributed by atoms with van der Waals surface area (Å²) >= 11 is 0. The zero-order valence-corrected chi connectivity index (χ0v) is 18.3. The number of nitrogens with zero attached hydrogens (tertiary/aromatic N) is 2. The third-order valence-corrected chi connectivity index (χ3v) is 7.77. The lowest BCUT2D eigenvalue weighted by Crippen LogP contribution is -2.39. The van der Waals surface area contributed by atoms with Crippen LogP contribution in [-0.2, 0) is 22.9 Å². The maximum absolute atomic E-state index is 13.1. The van der Waals surface area contributed by atoms with Crippen molar-refractivity contribution in [2.75, 3.05) is 13.1 Å². The van der Waals surface area contributed by atoms with Crippen molar-refractivity contribution in [2.45, 2.75) is 44.0 Å². The zero-order valence-electron chi connectivity index (χ0n) is 17.4. The van der Waals surface area contributed by atoms with Gasteiger partial charge in [-0.2, -0.15) is 4.31 Å². The van der Waals surface area contributed by atoms with Crippen molar-refractivity contribution in [2.24, 2.45) is 0 Å². The average Bonchev–Trinajstić information content (AvgIpc) is 3.21. The second-order valence-electron chi connectivity index (χ2n) is 7.58. The summed E-state index contributed by atoms with van der Waals surface area (Å²) in [6.07, 6.45) is 3.78. The van der Waals surface area contributed by atoms with Gasteiger partial charge in [-0.3, -0.25) is 9.59 Å². The minimum absolute atomic E-state index is 0.0876. The van der Waals surface area contributed by atoms with E-state index in [0.717, 1.165) is 24.2 Å². The van der Waals surface area contributed by atoms with Gasteiger partial charge in [0.1, 0.15) is 0 Å². The number of aromatic amines is 2. The molecule has 0 saturated carbocycles. The van der Waals surface area contributed by atoms with Gasteiger partial charge >= 0.3 is 0 Å². The van der Waals surface area contributed by atoms with Crippen LogP contribution in [0.2, 0.25) is 0 Å². The number of benzene rings is 1. The van der Waals surface area contributed by atoms with E-state index >= 15 is 0 Å². The fourth-order valence-corrected chi connectivity index (χ4v) is 5.57. The number of fused-ring (bicyclic) bond motifs is 2. The zero-order chi connectivity index (χ0) is 22.2. The van der Waals surface area contributed by atoms with Crippen molar-refractivity contribution in [1.82, 2.24) is 24.6 Å². The Morgan fingerprint density at radius 3 is 2.77 bits per heavy atom. The molecule has 31 heavy (non-hydrogen) atoms. The number of nitrogens with one attached hydrogen (secondary N) is 3. The van der Waals surface area contributed by atoms with Gasteiger partial charge in [0, 0.05) is 48.2 Å². The third kappa shape index (κ3) is 4.00. The van der Waals surface area contributed by atoms with Gasteiger partial charge in [-0.05, 0) is 31.0 Å². The van der Waals surface area contributed by atoms with Crippen molar-refractivity contribution in [3.8, 4) is 0 Å². The van der Waals surface area contributed by atoms with Gasteiger partial charge < -0.3 is 15.3 Å². The fraction of sp³-hybridized carbons (Fsp3) is 0.381. The summed E-state index contributed by atoms with van der Waals surface area (Å²) in [6.45, 7) is 4.22. The molecule has 0 saturated heterocycles. The van der Waals surface area contributed by atoms with Gasteiger partial charge in [0.25, 0.3) is 5.91 Å². The number of H-pyrrole nitrogens is 2. The largest absolute Gasteiger partial charge is 0.349 e. The van der Waals surface area contributed by atoms with E-state index in [1.807, 2.05) is 0 Å². The number of hydrogen-bond acceptors (Lipinski definition) is 5. The van der Waals surface area contributed by atoms with Crippen LogP contribution in [0.3, 0.4) is 0 Å². The van der Waals surface area contributed by atoms with E-state index in [4.69, 9.17) is 0 Å². The molecule has 4 rings (SSSR count). The number of aryl methyl sites for hydroxylation is 1. The lowest BCUT2D eigenvalue weighted by Gasteiger charge is -2.23. The van der Waals surface area contributed by atoms with E-state index in [2.05, 4.69) is 20.3 Å². The van der Waals surface area contributed by atoms with E-state index in [1.165, 1.54) is 28.6 Å². The van der Waals surface area contributed by atoms with E-state index in [9.17, 15) is 18.0 Å². The first-order valence-electron chi connectivity index (χ1n) is 10.3. The van der Waals surface area contributed by atoms with Gasteiger partial charge in [-0.15, -0.1) is 0 Å². The van der Waals surface area contributed by atoms with Gasteiger partial charge in [0.2, 0.25) is 15.6 Å². The Morgan fingerprint density at radius 1 is 1.26 bits per heavy atom. The smallest absolute Gasteiger partial charge is 0.252 e. The molecule has 0 spiro atoms. The summed E-state index contributed by atoms with van der Waals surface area (Å²) in [7, 11) is -3.70. The highest BCUT2D eigenvalue weighted by atomic mass is 32.2. The summed E-state index contributed by atoms with van der Waals surface area (Å²) < 4.78 is 27.2. The molecule has 1 aliphatic carbocycles. The molecule has 1 atom stereocenters. The van der Waals surface area contributed by atoms with E-state index in [-0.39, 0.29) is 16.5 Å². The molecular weight excluding hydrogens is 418 g/mol. The molecule has 0 fully saturated rings. The molecule has 1 unspecified atom stereocenters. The van der Waals surface area contributed by atoms with Crippen LogP contribution >= 0.6 is 0 Å². The van der Waals surface area contributed by atoms with Crippen molar-refractivity contribution >= 4 is 26.8 Å². The first-order chi connectivity index (χ1) is 14.8. The highest BCUT2D eigenvalue weighted by molar-refractivity contribution is 7.89. The second kappa shape index (κ2) is 8.27. The Morgan fingerprint density at radius 2 is 2.03 bits per heavy atom. The molecule has 0 aliphatic heterocycles. The summed E-state index contributed by atoms with van der Waals surface area (Å²) in [5, 5.41) is 3.38. The second-order valence-corrected chi connectivity index (χ2v) is 9.52. The van der Waals surface area contributed by atoms with Crippen molar-refractivity contribution in [1.29, 1.82) is 0 Å². The monoisotopic (exact) mass is 443 g/mol. The minimum Gasteiger partial charge on any atom is -0.349 e. The Bertz CT molecular complexity index is 1290. The number of amides is 1. The first kappa shape index (κ1) is 21.3. The molecule has 0 bridgehead atoms. The van der Waals surface area contributed by atoms with E-state index < -0.39 is 21.5 Å². The molecule has 1 amide bonds.